The van der Waals surface area contributed by atoms with E-state index in [2.05, 4.69) is 17.1 Å². The summed E-state index contributed by atoms with van der Waals surface area (Å²) in [5.41, 5.74) is 9.39. The van der Waals surface area contributed by atoms with Crippen LogP contribution in [0.1, 0.15) is 54.6 Å². The van der Waals surface area contributed by atoms with E-state index >= 15 is 0 Å². The van der Waals surface area contributed by atoms with Gasteiger partial charge in [0.2, 0.25) is 0 Å². The molecule has 21 heavy (non-hydrogen) atoms. The van der Waals surface area contributed by atoms with Gasteiger partial charge in [-0.05, 0) is 31.7 Å². The third-order valence-corrected chi connectivity index (χ3v) is 3.92. The van der Waals surface area contributed by atoms with Crippen LogP contribution in [0.4, 0.5) is 0 Å². The van der Waals surface area contributed by atoms with Gasteiger partial charge in [-0.3, -0.25) is 0 Å². The monoisotopic (exact) mass is 283 g/mol. The standard InChI is InChI=1S/C17H21N3O/c1-2-21-16(12-7-4-3-5-8-12)17-19-11-13-14(18)9-6-10-15(13)20-17/h3-5,7-8,11,14,16H,2,6,9-10,18H2,1H3. The van der Waals surface area contributed by atoms with Crippen molar-refractivity contribution in [2.45, 2.75) is 38.3 Å². The van der Waals surface area contributed by atoms with E-state index < -0.39 is 0 Å². The lowest BCUT2D eigenvalue weighted by Crippen LogP contribution is -2.21. The summed E-state index contributed by atoms with van der Waals surface area (Å²) in [5, 5.41) is 0. The third kappa shape index (κ3) is 2.96. The molecular weight excluding hydrogens is 262 g/mol. The Kier molecular flexibility index (Phi) is 4.27. The first-order valence-electron chi connectivity index (χ1n) is 7.57. The Morgan fingerprint density at radius 1 is 1.33 bits per heavy atom. The van der Waals surface area contributed by atoms with Crippen LogP contribution in [0.2, 0.25) is 0 Å². The van der Waals surface area contributed by atoms with E-state index in [1.165, 1.54) is 0 Å². The molecule has 1 aliphatic carbocycles. The molecule has 2 atom stereocenters. The Morgan fingerprint density at radius 3 is 2.90 bits per heavy atom. The molecule has 3 rings (SSSR count). The van der Waals surface area contributed by atoms with Gasteiger partial charge in [0.1, 0.15) is 6.10 Å². The molecule has 0 saturated carbocycles. The average Bonchev–Trinajstić information content (AvgIpc) is 2.53. The van der Waals surface area contributed by atoms with Gasteiger partial charge in [-0.25, -0.2) is 9.97 Å². The topological polar surface area (TPSA) is 61.0 Å². The highest BCUT2D eigenvalue weighted by atomic mass is 16.5. The Morgan fingerprint density at radius 2 is 2.14 bits per heavy atom. The molecule has 0 fully saturated rings. The lowest BCUT2D eigenvalue weighted by molar-refractivity contribution is 0.0848. The average molecular weight is 283 g/mol. The smallest absolute Gasteiger partial charge is 0.162 e. The maximum atomic E-state index is 6.13. The number of hydrogen-bond acceptors (Lipinski definition) is 4. The van der Waals surface area contributed by atoms with Crippen molar-refractivity contribution in [3.05, 3.63) is 59.2 Å². The van der Waals surface area contributed by atoms with E-state index in [0.29, 0.717) is 6.61 Å². The molecule has 0 saturated heterocycles. The fraction of sp³-hybridized carbons (Fsp3) is 0.412. The Labute approximate surface area is 125 Å². The predicted octanol–water partition coefficient (Wildman–Crippen LogP) is 2.94. The lowest BCUT2D eigenvalue weighted by Gasteiger charge is -2.23. The number of fused-ring (bicyclic) bond motifs is 1. The molecule has 2 aromatic rings. The Balaban J connectivity index is 1.97. The number of aryl methyl sites for hydroxylation is 1. The summed E-state index contributed by atoms with van der Waals surface area (Å²) in [5.74, 6) is 0.732. The zero-order valence-electron chi connectivity index (χ0n) is 12.3. The van der Waals surface area contributed by atoms with Crippen molar-refractivity contribution >= 4 is 0 Å². The van der Waals surface area contributed by atoms with Crippen LogP contribution in [-0.2, 0) is 11.2 Å². The summed E-state index contributed by atoms with van der Waals surface area (Å²) >= 11 is 0. The maximum absolute atomic E-state index is 6.13. The van der Waals surface area contributed by atoms with Crippen LogP contribution < -0.4 is 5.73 Å². The van der Waals surface area contributed by atoms with Crippen molar-refractivity contribution in [1.82, 2.24) is 9.97 Å². The van der Waals surface area contributed by atoms with E-state index in [1.807, 2.05) is 31.3 Å². The largest absolute Gasteiger partial charge is 0.366 e. The summed E-state index contributed by atoms with van der Waals surface area (Å²) in [6.07, 6.45) is 4.76. The molecule has 1 aliphatic rings. The van der Waals surface area contributed by atoms with Gasteiger partial charge in [0.25, 0.3) is 0 Å². The number of aromatic nitrogens is 2. The second kappa shape index (κ2) is 6.33. The van der Waals surface area contributed by atoms with E-state index in [1.54, 1.807) is 0 Å². The number of nitrogens with two attached hydrogens (primary N) is 1. The molecule has 0 spiro atoms. The van der Waals surface area contributed by atoms with Crippen molar-refractivity contribution in [3.63, 3.8) is 0 Å². The molecule has 4 nitrogen and oxygen atoms in total. The highest BCUT2D eigenvalue weighted by molar-refractivity contribution is 5.28. The maximum Gasteiger partial charge on any atom is 0.162 e. The first-order valence-corrected chi connectivity index (χ1v) is 7.57. The molecule has 1 heterocycles. The van der Waals surface area contributed by atoms with Crippen LogP contribution in [0.25, 0.3) is 0 Å². The minimum atomic E-state index is -0.209. The lowest BCUT2D eigenvalue weighted by atomic mass is 9.93. The van der Waals surface area contributed by atoms with E-state index in [0.717, 1.165) is 41.9 Å². The van der Waals surface area contributed by atoms with Crippen LogP contribution in [-0.4, -0.2) is 16.6 Å². The van der Waals surface area contributed by atoms with Crippen LogP contribution in [0.3, 0.4) is 0 Å². The number of ether oxygens (including phenoxy) is 1. The van der Waals surface area contributed by atoms with Crippen molar-refractivity contribution in [3.8, 4) is 0 Å². The normalized spacial score (nSPS) is 19.0. The van der Waals surface area contributed by atoms with Crippen molar-refractivity contribution in [1.29, 1.82) is 0 Å². The van der Waals surface area contributed by atoms with Gasteiger partial charge in [-0.2, -0.15) is 0 Å². The number of rotatable bonds is 4. The molecular formula is C17H21N3O. The minimum Gasteiger partial charge on any atom is -0.366 e. The van der Waals surface area contributed by atoms with Gasteiger partial charge >= 0.3 is 0 Å². The van der Waals surface area contributed by atoms with Gasteiger partial charge in [0, 0.05) is 30.1 Å². The van der Waals surface area contributed by atoms with Gasteiger partial charge in [0.05, 0.1) is 0 Å². The van der Waals surface area contributed by atoms with Crippen molar-refractivity contribution in [2.24, 2.45) is 5.73 Å². The molecule has 1 aromatic heterocycles. The SMILES string of the molecule is CCOC(c1ccccc1)c1ncc2c(n1)CCCC2N. The summed E-state index contributed by atoms with van der Waals surface area (Å²) in [6, 6.07) is 10.2. The van der Waals surface area contributed by atoms with Gasteiger partial charge in [-0.15, -0.1) is 0 Å². The zero-order valence-corrected chi connectivity index (χ0v) is 12.3. The molecule has 110 valence electrons. The zero-order chi connectivity index (χ0) is 14.7. The molecule has 2 N–H and O–H groups in total. The van der Waals surface area contributed by atoms with Crippen LogP contribution in [0, 0.1) is 0 Å². The van der Waals surface area contributed by atoms with Gasteiger partial charge in [-0.1, -0.05) is 30.3 Å². The Bertz CT molecular complexity index is 600. The fourth-order valence-electron chi connectivity index (χ4n) is 2.84. The number of hydrogen-bond donors (Lipinski definition) is 1. The van der Waals surface area contributed by atoms with Crippen molar-refractivity contribution in [2.75, 3.05) is 6.61 Å². The van der Waals surface area contributed by atoms with Crippen molar-refractivity contribution < 1.29 is 4.74 Å². The number of nitrogens with zero attached hydrogens (tertiary/aromatic N) is 2. The van der Waals surface area contributed by atoms with E-state index in [-0.39, 0.29) is 12.1 Å². The Hall–Kier alpha value is -1.78. The molecule has 0 amide bonds. The third-order valence-electron chi connectivity index (χ3n) is 3.92. The molecule has 0 aliphatic heterocycles. The van der Waals surface area contributed by atoms with Gasteiger partial charge < -0.3 is 10.5 Å². The fourth-order valence-corrected chi connectivity index (χ4v) is 2.84. The molecule has 0 radical (unpaired) electrons. The van der Waals surface area contributed by atoms with Gasteiger partial charge in [0.15, 0.2) is 5.82 Å². The summed E-state index contributed by atoms with van der Waals surface area (Å²) in [6.45, 7) is 2.61. The quantitative estimate of drug-likeness (QED) is 0.937. The first kappa shape index (κ1) is 14.2. The van der Waals surface area contributed by atoms with Crippen LogP contribution in [0.5, 0.6) is 0 Å². The molecule has 2 unspecified atom stereocenters. The summed E-state index contributed by atoms with van der Waals surface area (Å²) in [7, 11) is 0. The second-order valence-electron chi connectivity index (χ2n) is 5.38. The highest BCUT2D eigenvalue weighted by Crippen LogP contribution is 2.29. The van der Waals surface area contributed by atoms with Crippen LogP contribution >= 0.6 is 0 Å². The summed E-state index contributed by atoms with van der Waals surface area (Å²) in [4.78, 5) is 9.26. The predicted molar refractivity (Wildman–Crippen MR) is 81.8 cm³/mol. The van der Waals surface area contributed by atoms with Crippen LogP contribution in [0.15, 0.2) is 36.5 Å². The second-order valence-corrected chi connectivity index (χ2v) is 5.38. The minimum absolute atomic E-state index is 0.0741. The molecule has 0 bridgehead atoms. The molecule has 1 aromatic carbocycles. The highest BCUT2D eigenvalue weighted by Gasteiger charge is 2.23. The van der Waals surface area contributed by atoms with E-state index in [4.69, 9.17) is 15.5 Å². The first-order chi connectivity index (χ1) is 10.3. The summed E-state index contributed by atoms with van der Waals surface area (Å²) < 4.78 is 5.88. The number of benzene rings is 1. The molecule has 4 heteroatoms. The van der Waals surface area contributed by atoms with E-state index in [9.17, 15) is 0 Å².